The molecule has 1 atom stereocenters. The monoisotopic (exact) mass is 342 g/mol. The van der Waals surface area contributed by atoms with Crippen LogP contribution in [0.15, 0.2) is 42.5 Å². The molecule has 0 fully saturated rings. The molecule has 2 aromatic carbocycles. The molecular formula is C19H22N2O4. The van der Waals surface area contributed by atoms with Crippen LogP contribution in [0.25, 0.3) is 0 Å². The Morgan fingerprint density at radius 3 is 2.60 bits per heavy atom. The molecule has 0 aromatic heterocycles. The van der Waals surface area contributed by atoms with Gasteiger partial charge in [0.25, 0.3) is 5.91 Å². The number of nitro benzene ring substituents is 1. The molecule has 25 heavy (non-hydrogen) atoms. The molecule has 0 spiro atoms. The van der Waals surface area contributed by atoms with E-state index in [4.69, 9.17) is 4.74 Å². The lowest BCUT2D eigenvalue weighted by Gasteiger charge is -2.15. The molecule has 0 aliphatic rings. The average Bonchev–Trinajstić information content (AvgIpc) is 2.61. The number of hydrogen-bond acceptors (Lipinski definition) is 4. The zero-order valence-corrected chi connectivity index (χ0v) is 14.6. The highest BCUT2D eigenvalue weighted by molar-refractivity contribution is 6.05. The molecule has 0 saturated heterocycles. The number of rotatable bonds is 7. The van der Waals surface area contributed by atoms with Gasteiger partial charge in [0.2, 0.25) is 0 Å². The first-order valence-corrected chi connectivity index (χ1v) is 8.29. The van der Waals surface area contributed by atoms with Gasteiger partial charge in [-0.1, -0.05) is 32.0 Å². The van der Waals surface area contributed by atoms with Gasteiger partial charge in [-0.05, 0) is 43.0 Å². The number of para-hydroxylation sites is 1. The SMILES string of the molecule is CCOc1ccc(C(=O)Nc2ccccc2C(C)CC)cc1[N+](=O)[O-]. The lowest BCUT2D eigenvalue weighted by molar-refractivity contribution is -0.385. The fourth-order valence-electron chi connectivity index (χ4n) is 2.53. The summed E-state index contributed by atoms with van der Waals surface area (Å²) in [6.07, 6.45) is 0.946. The second kappa shape index (κ2) is 8.28. The van der Waals surface area contributed by atoms with Gasteiger partial charge in [0.1, 0.15) is 0 Å². The number of carbonyl (C=O) groups excluding carboxylic acids is 1. The Kier molecular flexibility index (Phi) is 6.11. The Hall–Kier alpha value is -2.89. The summed E-state index contributed by atoms with van der Waals surface area (Å²) in [6, 6.07) is 11.8. The van der Waals surface area contributed by atoms with E-state index in [9.17, 15) is 14.9 Å². The zero-order chi connectivity index (χ0) is 18.4. The van der Waals surface area contributed by atoms with Crippen molar-refractivity contribution in [3.05, 3.63) is 63.7 Å². The third-order valence-corrected chi connectivity index (χ3v) is 4.07. The van der Waals surface area contributed by atoms with Crippen LogP contribution < -0.4 is 10.1 Å². The first-order chi connectivity index (χ1) is 12.0. The van der Waals surface area contributed by atoms with Crippen LogP contribution in [0.3, 0.4) is 0 Å². The Morgan fingerprint density at radius 2 is 1.96 bits per heavy atom. The molecule has 132 valence electrons. The topological polar surface area (TPSA) is 81.5 Å². The largest absolute Gasteiger partial charge is 0.487 e. The molecular weight excluding hydrogens is 320 g/mol. The van der Waals surface area contributed by atoms with Crippen molar-refractivity contribution in [2.45, 2.75) is 33.1 Å². The van der Waals surface area contributed by atoms with Gasteiger partial charge >= 0.3 is 5.69 Å². The van der Waals surface area contributed by atoms with Gasteiger partial charge in [-0.3, -0.25) is 14.9 Å². The quantitative estimate of drug-likeness (QED) is 0.581. The summed E-state index contributed by atoms with van der Waals surface area (Å²) in [5.74, 6) is 0.0668. The first kappa shape index (κ1) is 18.4. The second-order valence-electron chi connectivity index (χ2n) is 5.72. The molecule has 0 radical (unpaired) electrons. The van der Waals surface area contributed by atoms with Crippen molar-refractivity contribution >= 4 is 17.3 Å². The summed E-state index contributed by atoms with van der Waals surface area (Å²) in [7, 11) is 0. The summed E-state index contributed by atoms with van der Waals surface area (Å²) < 4.78 is 5.24. The second-order valence-corrected chi connectivity index (χ2v) is 5.72. The fraction of sp³-hybridized carbons (Fsp3) is 0.316. The van der Waals surface area contributed by atoms with Crippen LogP contribution in [0.2, 0.25) is 0 Å². The highest BCUT2D eigenvalue weighted by atomic mass is 16.6. The van der Waals surface area contributed by atoms with Crippen LogP contribution in [0.5, 0.6) is 5.75 Å². The molecule has 6 heteroatoms. The molecule has 6 nitrogen and oxygen atoms in total. The summed E-state index contributed by atoms with van der Waals surface area (Å²) >= 11 is 0. The number of ether oxygens (including phenoxy) is 1. The predicted octanol–water partition coefficient (Wildman–Crippen LogP) is 4.76. The van der Waals surface area contributed by atoms with Gasteiger partial charge in [-0.25, -0.2) is 0 Å². The standard InChI is InChI=1S/C19H22N2O4/c1-4-13(3)15-8-6-7-9-16(15)20-19(22)14-10-11-18(25-5-2)17(12-14)21(23)24/h6-13H,4-5H2,1-3H3,(H,20,22). The number of hydrogen-bond donors (Lipinski definition) is 1. The van der Waals surface area contributed by atoms with Crippen molar-refractivity contribution in [2.75, 3.05) is 11.9 Å². The van der Waals surface area contributed by atoms with Gasteiger partial charge in [-0.15, -0.1) is 0 Å². The van der Waals surface area contributed by atoms with Crippen molar-refractivity contribution in [3.63, 3.8) is 0 Å². The Balaban J connectivity index is 2.30. The molecule has 0 heterocycles. The van der Waals surface area contributed by atoms with Crippen molar-refractivity contribution < 1.29 is 14.5 Å². The van der Waals surface area contributed by atoms with E-state index in [2.05, 4.69) is 19.2 Å². The Morgan fingerprint density at radius 1 is 1.24 bits per heavy atom. The molecule has 2 aromatic rings. The van der Waals surface area contributed by atoms with Gasteiger partial charge in [0, 0.05) is 17.3 Å². The van der Waals surface area contributed by atoms with E-state index in [1.54, 1.807) is 6.92 Å². The number of nitro groups is 1. The van der Waals surface area contributed by atoms with Crippen LogP contribution >= 0.6 is 0 Å². The van der Waals surface area contributed by atoms with Gasteiger partial charge in [0.05, 0.1) is 11.5 Å². The van der Waals surface area contributed by atoms with E-state index in [0.29, 0.717) is 12.5 Å². The molecule has 2 rings (SSSR count). The van der Waals surface area contributed by atoms with Crippen LogP contribution in [0.4, 0.5) is 11.4 Å². The maximum Gasteiger partial charge on any atom is 0.311 e. The van der Waals surface area contributed by atoms with Crippen molar-refractivity contribution in [1.82, 2.24) is 0 Å². The molecule has 0 aliphatic carbocycles. The van der Waals surface area contributed by atoms with Crippen molar-refractivity contribution in [3.8, 4) is 5.75 Å². The first-order valence-electron chi connectivity index (χ1n) is 8.29. The minimum Gasteiger partial charge on any atom is -0.487 e. The lowest BCUT2D eigenvalue weighted by atomic mass is 9.97. The third kappa shape index (κ3) is 4.35. The summed E-state index contributed by atoms with van der Waals surface area (Å²) in [5, 5.41) is 14.1. The van der Waals surface area contributed by atoms with Crippen molar-refractivity contribution in [2.24, 2.45) is 0 Å². The number of nitrogens with zero attached hydrogens (tertiary/aromatic N) is 1. The molecule has 0 saturated carbocycles. The number of benzene rings is 2. The highest BCUT2D eigenvalue weighted by Crippen LogP contribution is 2.30. The number of anilines is 1. The predicted molar refractivity (Wildman–Crippen MR) is 97.4 cm³/mol. The Labute approximate surface area is 147 Å². The zero-order valence-electron chi connectivity index (χ0n) is 14.6. The van der Waals surface area contributed by atoms with Crippen LogP contribution in [-0.2, 0) is 0 Å². The van der Waals surface area contributed by atoms with E-state index in [1.807, 2.05) is 24.3 Å². The maximum absolute atomic E-state index is 12.5. The third-order valence-electron chi connectivity index (χ3n) is 4.07. The van der Waals surface area contributed by atoms with E-state index in [1.165, 1.54) is 18.2 Å². The molecule has 1 amide bonds. The molecule has 0 aliphatic heterocycles. The lowest BCUT2D eigenvalue weighted by Crippen LogP contribution is -2.14. The minimum absolute atomic E-state index is 0.157. The van der Waals surface area contributed by atoms with E-state index < -0.39 is 4.92 Å². The molecule has 0 bridgehead atoms. The number of nitrogens with one attached hydrogen (secondary N) is 1. The Bertz CT molecular complexity index is 774. The van der Waals surface area contributed by atoms with Gasteiger partial charge in [-0.2, -0.15) is 0 Å². The summed E-state index contributed by atoms with van der Waals surface area (Å²) in [6.45, 7) is 6.23. The normalized spacial score (nSPS) is 11.6. The van der Waals surface area contributed by atoms with Crippen molar-refractivity contribution in [1.29, 1.82) is 0 Å². The maximum atomic E-state index is 12.5. The van der Waals surface area contributed by atoms with Crippen LogP contribution in [-0.4, -0.2) is 17.4 Å². The minimum atomic E-state index is -0.547. The van der Waals surface area contributed by atoms with E-state index >= 15 is 0 Å². The fourth-order valence-corrected chi connectivity index (χ4v) is 2.53. The average molecular weight is 342 g/mol. The van der Waals surface area contributed by atoms with E-state index in [-0.39, 0.29) is 22.9 Å². The van der Waals surface area contributed by atoms with Gasteiger partial charge in [0.15, 0.2) is 5.75 Å². The molecule has 1 N–H and O–H groups in total. The summed E-state index contributed by atoms with van der Waals surface area (Å²) in [5.41, 5.74) is 1.76. The van der Waals surface area contributed by atoms with E-state index in [0.717, 1.165) is 17.7 Å². The number of amides is 1. The highest BCUT2D eigenvalue weighted by Gasteiger charge is 2.19. The van der Waals surface area contributed by atoms with Crippen LogP contribution in [0, 0.1) is 10.1 Å². The summed E-state index contributed by atoms with van der Waals surface area (Å²) in [4.78, 5) is 23.2. The van der Waals surface area contributed by atoms with Gasteiger partial charge < -0.3 is 10.1 Å². The smallest absolute Gasteiger partial charge is 0.311 e. The van der Waals surface area contributed by atoms with Crippen LogP contribution in [0.1, 0.15) is 49.0 Å². The molecule has 1 unspecified atom stereocenters. The number of carbonyl (C=O) groups is 1.